The molecule has 3 rings (SSSR count). The summed E-state index contributed by atoms with van der Waals surface area (Å²) in [6, 6.07) is 16.2. The standard InChI is InChI=1S/C23H31N7/c1-2-24-23(27-15-8-7-14-26-22-12-5-6-13-25-22)28-18-20-10-3-4-11-21(20)19-30-17-9-16-29-30/h3-6,9-13,16-17H,2,7-8,14-15,18-19H2,1H3,(H,25,26)(H2,24,27,28). The Kier molecular flexibility index (Phi) is 8.73. The van der Waals surface area contributed by atoms with Gasteiger partial charge >= 0.3 is 0 Å². The molecule has 30 heavy (non-hydrogen) atoms. The van der Waals surface area contributed by atoms with Crippen molar-refractivity contribution in [2.24, 2.45) is 4.99 Å². The van der Waals surface area contributed by atoms with Gasteiger partial charge in [0.05, 0.1) is 13.1 Å². The number of guanidine groups is 1. The first-order valence-electron chi connectivity index (χ1n) is 10.6. The van der Waals surface area contributed by atoms with Crippen molar-refractivity contribution in [3.63, 3.8) is 0 Å². The minimum atomic E-state index is 0.633. The number of aliphatic imine (C=N–C) groups is 1. The SMILES string of the molecule is CCNC(=NCc1ccccc1Cn1cccn1)NCCCCNc1ccccn1. The van der Waals surface area contributed by atoms with Crippen LogP contribution in [0.15, 0.2) is 72.1 Å². The lowest BCUT2D eigenvalue weighted by Gasteiger charge is -2.13. The van der Waals surface area contributed by atoms with Gasteiger partial charge in [-0.1, -0.05) is 30.3 Å². The molecule has 3 aromatic rings. The summed E-state index contributed by atoms with van der Waals surface area (Å²) in [5.74, 6) is 1.78. The minimum Gasteiger partial charge on any atom is -0.370 e. The zero-order chi connectivity index (χ0) is 20.9. The molecule has 0 spiro atoms. The average Bonchev–Trinajstić information content (AvgIpc) is 3.29. The Morgan fingerprint density at radius 1 is 0.933 bits per heavy atom. The van der Waals surface area contributed by atoms with E-state index >= 15 is 0 Å². The van der Waals surface area contributed by atoms with Gasteiger partial charge in [0.25, 0.3) is 0 Å². The molecular formula is C23H31N7. The Hall–Kier alpha value is -3.35. The first-order valence-corrected chi connectivity index (χ1v) is 10.6. The number of rotatable bonds is 11. The predicted octanol–water partition coefficient (Wildman–Crippen LogP) is 3.27. The fourth-order valence-electron chi connectivity index (χ4n) is 3.08. The molecule has 0 bridgehead atoms. The molecule has 0 atom stereocenters. The van der Waals surface area contributed by atoms with Crippen molar-refractivity contribution in [3.05, 3.63) is 78.2 Å². The summed E-state index contributed by atoms with van der Waals surface area (Å²) in [7, 11) is 0. The summed E-state index contributed by atoms with van der Waals surface area (Å²) in [6.45, 7) is 6.10. The van der Waals surface area contributed by atoms with Crippen LogP contribution in [0.1, 0.15) is 30.9 Å². The van der Waals surface area contributed by atoms with Crippen LogP contribution in [0.2, 0.25) is 0 Å². The second-order valence-electron chi connectivity index (χ2n) is 6.94. The number of anilines is 1. The summed E-state index contributed by atoms with van der Waals surface area (Å²) in [4.78, 5) is 9.05. The molecule has 0 aliphatic heterocycles. The highest BCUT2D eigenvalue weighted by atomic mass is 15.3. The van der Waals surface area contributed by atoms with Gasteiger partial charge in [-0.05, 0) is 49.1 Å². The molecule has 7 heteroatoms. The van der Waals surface area contributed by atoms with Gasteiger partial charge in [0, 0.05) is 38.2 Å². The number of hydrogen-bond acceptors (Lipinski definition) is 4. The molecule has 0 amide bonds. The fraction of sp³-hybridized carbons (Fsp3) is 0.348. The van der Waals surface area contributed by atoms with Crippen molar-refractivity contribution >= 4 is 11.8 Å². The van der Waals surface area contributed by atoms with Crippen LogP contribution in [-0.4, -0.2) is 40.4 Å². The number of benzene rings is 1. The Labute approximate surface area is 178 Å². The van der Waals surface area contributed by atoms with Crippen LogP contribution in [0.25, 0.3) is 0 Å². The Bertz CT molecular complexity index is 876. The van der Waals surface area contributed by atoms with E-state index in [0.717, 1.165) is 50.8 Å². The number of nitrogens with zero attached hydrogens (tertiary/aromatic N) is 4. The third-order valence-corrected chi connectivity index (χ3v) is 4.63. The molecule has 0 fully saturated rings. The van der Waals surface area contributed by atoms with Crippen molar-refractivity contribution in [2.75, 3.05) is 25.0 Å². The predicted molar refractivity (Wildman–Crippen MR) is 123 cm³/mol. The lowest BCUT2D eigenvalue weighted by Crippen LogP contribution is -2.37. The van der Waals surface area contributed by atoms with Crippen LogP contribution in [0.3, 0.4) is 0 Å². The summed E-state index contributed by atoms with van der Waals surface area (Å²) in [5, 5.41) is 14.4. The highest BCUT2D eigenvalue weighted by molar-refractivity contribution is 5.79. The van der Waals surface area contributed by atoms with Gasteiger partial charge in [-0.2, -0.15) is 5.10 Å². The zero-order valence-corrected chi connectivity index (χ0v) is 17.6. The second kappa shape index (κ2) is 12.3. The van der Waals surface area contributed by atoms with Crippen molar-refractivity contribution in [1.29, 1.82) is 0 Å². The Morgan fingerprint density at radius 3 is 2.53 bits per heavy atom. The van der Waals surface area contributed by atoms with Crippen LogP contribution in [0.5, 0.6) is 0 Å². The van der Waals surface area contributed by atoms with Gasteiger partial charge in [0.1, 0.15) is 5.82 Å². The molecule has 0 saturated heterocycles. The molecule has 0 radical (unpaired) electrons. The summed E-state index contributed by atoms with van der Waals surface area (Å²) in [6.07, 6.45) is 7.71. The van der Waals surface area contributed by atoms with Crippen molar-refractivity contribution in [2.45, 2.75) is 32.9 Å². The summed E-state index contributed by atoms with van der Waals surface area (Å²) in [5.41, 5.74) is 2.45. The maximum absolute atomic E-state index is 4.78. The van der Waals surface area contributed by atoms with E-state index in [-0.39, 0.29) is 0 Å². The van der Waals surface area contributed by atoms with Crippen LogP contribution < -0.4 is 16.0 Å². The number of aromatic nitrogens is 3. The van der Waals surface area contributed by atoms with E-state index in [1.807, 2.05) is 35.1 Å². The monoisotopic (exact) mass is 405 g/mol. The molecule has 1 aromatic carbocycles. The first-order chi connectivity index (χ1) is 14.8. The lowest BCUT2D eigenvalue weighted by molar-refractivity contribution is 0.680. The Morgan fingerprint density at radius 2 is 1.77 bits per heavy atom. The number of unbranched alkanes of at least 4 members (excludes halogenated alkanes) is 1. The molecule has 7 nitrogen and oxygen atoms in total. The average molecular weight is 406 g/mol. The molecule has 0 aliphatic carbocycles. The van der Waals surface area contributed by atoms with Crippen molar-refractivity contribution < 1.29 is 0 Å². The van der Waals surface area contributed by atoms with E-state index in [1.54, 1.807) is 12.4 Å². The normalized spacial score (nSPS) is 11.3. The maximum Gasteiger partial charge on any atom is 0.191 e. The molecule has 158 valence electrons. The van der Waals surface area contributed by atoms with Gasteiger partial charge in [0.15, 0.2) is 5.96 Å². The van der Waals surface area contributed by atoms with E-state index in [0.29, 0.717) is 6.54 Å². The summed E-state index contributed by atoms with van der Waals surface area (Å²) < 4.78 is 1.94. The van der Waals surface area contributed by atoms with Gasteiger partial charge in [-0.3, -0.25) is 4.68 Å². The molecule has 2 heterocycles. The zero-order valence-electron chi connectivity index (χ0n) is 17.6. The molecular weight excluding hydrogens is 374 g/mol. The maximum atomic E-state index is 4.78. The quantitative estimate of drug-likeness (QED) is 0.259. The van der Waals surface area contributed by atoms with Crippen LogP contribution in [-0.2, 0) is 13.1 Å². The van der Waals surface area contributed by atoms with E-state index < -0.39 is 0 Å². The largest absolute Gasteiger partial charge is 0.370 e. The van der Waals surface area contributed by atoms with Gasteiger partial charge in [-0.15, -0.1) is 0 Å². The van der Waals surface area contributed by atoms with Crippen molar-refractivity contribution in [1.82, 2.24) is 25.4 Å². The highest BCUT2D eigenvalue weighted by Crippen LogP contribution is 2.11. The highest BCUT2D eigenvalue weighted by Gasteiger charge is 2.04. The van der Waals surface area contributed by atoms with Crippen LogP contribution in [0.4, 0.5) is 5.82 Å². The fourth-order valence-corrected chi connectivity index (χ4v) is 3.08. The number of hydrogen-bond donors (Lipinski definition) is 3. The van der Waals surface area contributed by atoms with Gasteiger partial charge in [-0.25, -0.2) is 9.98 Å². The summed E-state index contributed by atoms with van der Waals surface area (Å²) >= 11 is 0. The van der Waals surface area contributed by atoms with Gasteiger partial charge < -0.3 is 16.0 Å². The molecule has 0 saturated carbocycles. The van der Waals surface area contributed by atoms with E-state index in [9.17, 15) is 0 Å². The molecule has 2 aromatic heterocycles. The van der Waals surface area contributed by atoms with Crippen LogP contribution in [0, 0.1) is 0 Å². The van der Waals surface area contributed by atoms with Crippen LogP contribution >= 0.6 is 0 Å². The van der Waals surface area contributed by atoms with E-state index in [4.69, 9.17) is 4.99 Å². The van der Waals surface area contributed by atoms with Crippen molar-refractivity contribution in [3.8, 4) is 0 Å². The van der Waals surface area contributed by atoms with E-state index in [2.05, 4.69) is 57.2 Å². The minimum absolute atomic E-state index is 0.633. The third-order valence-electron chi connectivity index (χ3n) is 4.63. The lowest BCUT2D eigenvalue weighted by atomic mass is 10.1. The molecule has 0 aliphatic rings. The third kappa shape index (κ3) is 7.24. The molecule has 0 unspecified atom stereocenters. The Balaban J connectivity index is 1.45. The smallest absolute Gasteiger partial charge is 0.191 e. The second-order valence-corrected chi connectivity index (χ2v) is 6.94. The topological polar surface area (TPSA) is 79.2 Å². The first kappa shape index (κ1) is 21.4. The van der Waals surface area contributed by atoms with Gasteiger partial charge in [0.2, 0.25) is 0 Å². The number of pyridine rings is 1. The molecule has 3 N–H and O–H groups in total. The number of nitrogens with one attached hydrogen (secondary N) is 3. The van der Waals surface area contributed by atoms with E-state index in [1.165, 1.54) is 11.1 Å².